The Labute approximate surface area is 67.2 Å². The van der Waals surface area contributed by atoms with E-state index in [1.807, 2.05) is 13.8 Å². The van der Waals surface area contributed by atoms with Crippen molar-refractivity contribution in [2.45, 2.75) is 13.8 Å². The van der Waals surface area contributed by atoms with E-state index in [9.17, 15) is 0 Å². The van der Waals surface area contributed by atoms with Crippen LogP contribution in [0.2, 0.25) is 0 Å². The molecular formula is C4H10NiS2. The summed E-state index contributed by atoms with van der Waals surface area (Å²) in [5.74, 6) is 1.67. The molecular weight excluding hydrogens is 171 g/mol. The van der Waals surface area contributed by atoms with Crippen molar-refractivity contribution in [3.63, 3.8) is 0 Å². The molecule has 0 bridgehead atoms. The van der Waals surface area contributed by atoms with Gasteiger partial charge < -0.3 is 25.3 Å². The Balaban J connectivity index is -0.0000000400. The van der Waals surface area contributed by atoms with Gasteiger partial charge in [-0.2, -0.15) is 11.5 Å². The van der Waals surface area contributed by atoms with Gasteiger partial charge in [-0.15, -0.1) is 0 Å². The van der Waals surface area contributed by atoms with Crippen LogP contribution in [-0.4, -0.2) is 11.5 Å². The minimum absolute atomic E-state index is 0. The fourth-order valence-electron chi connectivity index (χ4n) is 0. The van der Waals surface area contributed by atoms with E-state index in [1.165, 1.54) is 0 Å². The Morgan fingerprint density at radius 1 is 1.00 bits per heavy atom. The summed E-state index contributed by atoms with van der Waals surface area (Å²) in [6.07, 6.45) is 0. The molecule has 0 N–H and O–H groups in total. The first-order valence-electron chi connectivity index (χ1n) is 1.99. The monoisotopic (exact) mass is 180 g/mol. The Kier molecular flexibility index (Phi) is 60.8. The average molecular weight is 181 g/mol. The Bertz CT molecular complexity index is 11.7. The van der Waals surface area contributed by atoms with Crippen LogP contribution >= 0.6 is 0 Å². The summed E-state index contributed by atoms with van der Waals surface area (Å²) in [6.45, 7) is 3.88. The van der Waals surface area contributed by atoms with Crippen LogP contribution in [0.3, 0.4) is 0 Å². The van der Waals surface area contributed by atoms with Crippen LogP contribution in [0, 0.1) is 0 Å². The zero-order valence-corrected chi connectivity index (χ0v) is 7.17. The van der Waals surface area contributed by atoms with Crippen molar-refractivity contribution >= 4 is 25.3 Å². The second kappa shape index (κ2) is 27.1. The quantitative estimate of drug-likeness (QED) is 0.405. The van der Waals surface area contributed by atoms with Crippen LogP contribution in [0.25, 0.3) is 0 Å². The van der Waals surface area contributed by atoms with Crippen molar-refractivity contribution in [1.29, 1.82) is 0 Å². The van der Waals surface area contributed by atoms with Crippen LogP contribution < -0.4 is 0 Å². The maximum absolute atomic E-state index is 4.39. The summed E-state index contributed by atoms with van der Waals surface area (Å²) in [5, 5.41) is 0. The third kappa shape index (κ3) is 136. The van der Waals surface area contributed by atoms with Gasteiger partial charge in [0.2, 0.25) is 0 Å². The van der Waals surface area contributed by atoms with Crippen molar-refractivity contribution in [3.05, 3.63) is 0 Å². The molecule has 48 valence electrons. The first-order chi connectivity index (χ1) is 2.83. The molecule has 0 nitrogen and oxygen atoms in total. The molecule has 0 rings (SSSR count). The van der Waals surface area contributed by atoms with Crippen molar-refractivity contribution in [2.75, 3.05) is 11.5 Å². The molecule has 3 heteroatoms. The fourth-order valence-corrected chi connectivity index (χ4v) is 0. The van der Waals surface area contributed by atoms with E-state index in [0.29, 0.717) is 0 Å². The van der Waals surface area contributed by atoms with Crippen LogP contribution in [-0.2, 0) is 41.7 Å². The molecule has 0 spiro atoms. The molecule has 0 aromatic rings. The van der Waals surface area contributed by atoms with Gasteiger partial charge in [-0.1, -0.05) is 13.8 Å². The van der Waals surface area contributed by atoms with Crippen molar-refractivity contribution in [3.8, 4) is 0 Å². The van der Waals surface area contributed by atoms with Gasteiger partial charge in [-0.3, -0.25) is 0 Å². The summed E-state index contributed by atoms with van der Waals surface area (Å²) in [7, 11) is 0. The Morgan fingerprint density at radius 2 is 1.00 bits per heavy atom. The van der Waals surface area contributed by atoms with Crippen LogP contribution in [0.4, 0.5) is 0 Å². The molecule has 0 radical (unpaired) electrons. The summed E-state index contributed by atoms with van der Waals surface area (Å²) in [4.78, 5) is 0. The van der Waals surface area contributed by atoms with Crippen molar-refractivity contribution in [1.82, 2.24) is 0 Å². The van der Waals surface area contributed by atoms with Gasteiger partial charge in [0.25, 0.3) is 0 Å². The Morgan fingerprint density at radius 3 is 1.00 bits per heavy atom. The van der Waals surface area contributed by atoms with Crippen molar-refractivity contribution in [2.24, 2.45) is 0 Å². The first-order valence-corrected chi connectivity index (χ1v) is 3.15. The van der Waals surface area contributed by atoms with Gasteiger partial charge >= 0.3 is 16.5 Å². The van der Waals surface area contributed by atoms with E-state index in [2.05, 4.69) is 25.3 Å². The minimum Gasteiger partial charge on any atom is -0.793 e. The molecule has 0 amide bonds. The van der Waals surface area contributed by atoms with E-state index in [4.69, 9.17) is 0 Å². The summed E-state index contributed by atoms with van der Waals surface area (Å²) < 4.78 is 0. The number of hydrogen-bond donors (Lipinski definition) is 0. The van der Waals surface area contributed by atoms with Gasteiger partial charge in [0, 0.05) is 0 Å². The third-order valence-corrected chi connectivity index (χ3v) is 0. The number of rotatable bonds is 0. The topological polar surface area (TPSA) is 0 Å². The van der Waals surface area contributed by atoms with E-state index in [0.717, 1.165) is 11.5 Å². The maximum Gasteiger partial charge on any atom is 2.00 e. The fraction of sp³-hybridized carbons (Fsp3) is 1.00. The second-order valence-electron chi connectivity index (χ2n) is 0.577. The molecule has 0 saturated carbocycles. The normalized spacial score (nSPS) is 5.14. The second-order valence-corrected chi connectivity index (χ2v) is 1.73. The summed E-state index contributed by atoms with van der Waals surface area (Å²) in [6, 6.07) is 0. The van der Waals surface area contributed by atoms with Gasteiger partial charge in [0.05, 0.1) is 0 Å². The molecule has 0 heterocycles. The zero-order valence-electron chi connectivity index (χ0n) is 4.55. The van der Waals surface area contributed by atoms with Crippen LogP contribution in [0.1, 0.15) is 13.8 Å². The maximum atomic E-state index is 4.39. The molecule has 0 aliphatic rings. The summed E-state index contributed by atoms with van der Waals surface area (Å²) >= 11 is 8.79. The molecule has 0 saturated heterocycles. The largest absolute Gasteiger partial charge is 2.00 e. The van der Waals surface area contributed by atoms with Gasteiger partial charge in [-0.05, 0) is 0 Å². The van der Waals surface area contributed by atoms with Gasteiger partial charge in [0.1, 0.15) is 0 Å². The third-order valence-electron chi connectivity index (χ3n) is 0. The molecule has 0 aliphatic carbocycles. The van der Waals surface area contributed by atoms with E-state index in [1.54, 1.807) is 0 Å². The van der Waals surface area contributed by atoms with E-state index >= 15 is 0 Å². The van der Waals surface area contributed by atoms with Crippen LogP contribution in [0.5, 0.6) is 0 Å². The smallest absolute Gasteiger partial charge is 0.793 e. The van der Waals surface area contributed by atoms with E-state index < -0.39 is 0 Å². The first kappa shape index (κ1) is 15.7. The summed E-state index contributed by atoms with van der Waals surface area (Å²) in [5.41, 5.74) is 0. The van der Waals surface area contributed by atoms with Crippen molar-refractivity contribution < 1.29 is 16.5 Å². The van der Waals surface area contributed by atoms with Gasteiger partial charge in [0.15, 0.2) is 0 Å². The standard InChI is InChI=1S/2C2H6S.Ni/c2*1-2-3;/h2*3H,2H2,1H3;/q;;+2/p-2. The molecule has 0 atom stereocenters. The molecule has 0 aliphatic heterocycles. The van der Waals surface area contributed by atoms with E-state index in [-0.39, 0.29) is 16.5 Å². The minimum atomic E-state index is 0. The number of hydrogen-bond acceptors (Lipinski definition) is 2. The van der Waals surface area contributed by atoms with Crippen LogP contribution in [0.15, 0.2) is 0 Å². The molecule has 0 aromatic carbocycles. The predicted octanol–water partition coefficient (Wildman–Crippen LogP) is 1.10. The Hall–Kier alpha value is 1.19. The molecule has 0 aromatic heterocycles. The molecule has 0 fully saturated rings. The average Bonchev–Trinajstić information content (AvgIpc) is 1.39. The van der Waals surface area contributed by atoms with Gasteiger partial charge in [-0.25, -0.2) is 0 Å². The molecule has 7 heavy (non-hydrogen) atoms. The predicted molar refractivity (Wildman–Crippen MR) is 35.8 cm³/mol. The zero-order chi connectivity index (χ0) is 5.41. The molecule has 0 unspecified atom stereocenters. The SMILES string of the molecule is CC[S-].CC[S-].[Ni+2].